The second-order valence-corrected chi connectivity index (χ2v) is 9.76. The van der Waals surface area contributed by atoms with Crippen LogP contribution in [0.3, 0.4) is 0 Å². The molecular formula is C22H18Cl3NO5. The van der Waals surface area contributed by atoms with Crippen LogP contribution in [0, 0.1) is 0 Å². The lowest BCUT2D eigenvalue weighted by Crippen LogP contribution is -2.42. The van der Waals surface area contributed by atoms with Gasteiger partial charge in [0.2, 0.25) is 10.6 Å². The van der Waals surface area contributed by atoms with Gasteiger partial charge in [-0.2, -0.15) is 0 Å². The highest BCUT2D eigenvalue weighted by Gasteiger charge is 2.48. The first-order valence-electron chi connectivity index (χ1n) is 9.60. The van der Waals surface area contributed by atoms with Crippen LogP contribution in [0.2, 0.25) is 0 Å². The third-order valence-corrected chi connectivity index (χ3v) is 6.53. The lowest BCUT2D eigenvalue weighted by molar-refractivity contribution is -0.103. The average molecular weight is 483 g/mol. The van der Waals surface area contributed by atoms with E-state index in [1.165, 1.54) is 7.11 Å². The van der Waals surface area contributed by atoms with Gasteiger partial charge in [0, 0.05) is 23.2 Å². The van der Waals surface area contributed by atoms with Gasteiger partial charge in [0.05, 0.1) is 19.9 Å². The van der Waals surface area contributed by atoms with E-state index in [-0.39, 0.29) is 6.79 Å². The summed E-state index contributed by atoms with van der Waals surface area (Å²) in [5.74, 6) is 2.25. The zero-order valence-corrected chi connectivity index (χ0v) is 19.0. The highest BCUT2D eigenvalue weighted by molar-refractivity contribution is 6.68. The molecule has 0 aliphatic carbocycles. The minimum Gasteiger partial charge on any atom is -0.493 e. The van der Waals surface area contributed by atoms with E-state index in [2.05, 4.69) is 0 Å². The summed E-state index contributed by atoms with van der Waals surface area (Å²) in [6.07, 6.45) is 1.52. The van der Waals surface area contributed by atoms with E-state index in [9.17, 15) is 4.79 Å². The smallest absolute Gasteiger partial charge is 0.231 e. The van der Waals surface area contributed by atoms with Gasteiger partial charge < -0.3 is 23.8 Å². The number of hydrogen-bond acceptors (Lipinski definition) is 6. The van der Waals surface area contributed by atoms with Gasteiger partial charge in [0.1, 0.15) is 6.04 Å². The lowest BCUT2D eigenvalue weighted by atomic mass is 9.82. The van der Waals surface area contributed by atoms with Crippen LogP contribution in [0.5, 0.6) is 23.0 Å². The summed E-state index contributed by atoms with van der Waals surface area (Å²) in [5.41, 5.74) is 4.34. The fourth-order valence-corrected chi connectivity index (χ4v) is 5.36. The molecule has 162 valence electrons. The van der Waals surface area contributed by atoms with Crippen LogP contribution < -0.4 is 18.9 Å². The third kappa shape index (κ3) is 3.04. The molecule has 1 atom stereocenters. The van der Waals surface area contributed by atoms with E-state index in [4.69, 9.17) is 53.8 Å². The Morgan fingerprint density at radius 3 is 2.48 bits per heavy atom. The quantitative estimate of drug-likeness (QED) is 0.463. The van der Waals surface area contributed by atoms with E-state index in [1.54, 1.807) is 19.2 Å². The molecule has 0 amide bonds. The van der Waals surface area contributed by atoms with Crippen LogP contribution >= 0.6 is 34.8 Å². The molecular weight excluding hydrogens is 465 g/mol. The first-order valence-corrected chi connectivity index (χ1v) is 10.7. The van der Waals surface area contributed by atoms with Crippen molar-refractivity contribution in [2.24, 2.45) is 0 Å². The third-order valence-electron chi connectivity index (χ3n) is 5.91. The summed E-state index contributed by atoms with van der Waals surface area (Å²) < 4.78 is 20.5. The molecule has 3 aliphatic heterocycles. The van der Waals surface area contributed by atoms with Gasteiger partial charge in [-0.1, -0.05) is 34.8 Å². The number of ether oxygens (including phenoxy) is 4. The van der Waals surface area contributed by atoms with E-state index in [1.807, 2.05) is 17.0 Å². The van der Waals surface area contributed by atoms with Crippen molar-refractivity contribution in [3.05, 3.63) is 46.5 Å². The molecule has 0 spiro atoms. The molecule has 2 aromatic carbocycles. The molecule has 2 aromatic rings. The maximum Gasteiger partial charge on any atom is 0.231 e. The van der Waals surface area contributed by atoms with Crippen molar-refractivity contribution in [3.8, 4) is 23.0 Å². The van der Waals surface area contributed by atoms with Crippen molar-refractivity contribution in [1.29, 1.82) is 0 Å². The molecule has 3 aliphatic rings. The minimum absolute atomic E-state index is 0.165. The summed E-state index contributed by atoms with van der Waals surface area (Å²) in [5, 5.41) is 0. The van der Waals surface area contributed by atoms with Crippen molar-refractivity contribution in [1.82, 2.24) is 4.90 Å². The van der Waals surface area contributed by atoms with Crippen molar-refractivity contribution in [3.63, 3.8) is 0 Å². The average Bonchev–Trinajstić information content (AvgIpc) is 3.21. The Labute approximate surface area is 194 Å². The summed E-state index contributed by atoms with van der Waals surface area (Å²) in [7, 11) is 3.07. The molecule has 6 nitrogen and oxygen atoms in total. The van der Waals surface area contributed by atoms with Crippen LogP contribution in [0.1, 0.15) is 28.3 Å². The molecule has 0 aromatic heterocycles. The van der Waals surface area contributed by atoms with Gasteiger partial charge in [0.15, 0.2) is 29.3 Å². The molecule has 1 unspecified atom stereocenters. The summed E-state index contributed by atoms with van der Waals surface area (Å²) in [6.45, 7) is 0.704. The number of halogens is 3. The Morgan fingerprint density at radius 2 is 1.84 bits per heavy atom. The van der Waals surface area contributed by atoms with Gasteiger partial charge >= 0.3 is 0 Å². The van der Waals surface area contributed by atoms with Crippen LogP contribution in [0.4, 0.5) is 0 Å². The molecule has 5 rings (SSSR count). The Balaban J connectivity index is 1.85. The Bertz CT molecular complexity index is 1130. The number of allylic oxidation sites excluding steroid dienone is 1. The van der Waals surface area contributed by atoms with Crippen molar-refractivity contribution in [2.75, 3.05) is 27.6 Å². The van der Waals surface area contributed by atoms with Crippen molar-refractivity contribution < 1.29 is 23.7 Å². The Hall–Kier alpha value is -2.28. The Morgan fingerprint density at radius 1 is 1.10 bits per heavy atom. The molecule has 3 heterocycles. The number of methoxy groups -OCH3 is 2. The van der Waals surface area contributed by atoms with E-state index in [0.717, 1.165) is 17.4 Å². The highest BCUT2D eigenvalue weighted by Crippen LogP contribution is 2.58. The summed E-state index contributed by atoms with van der Waals surface area (Å²) in [4.78, 5) is 14.4. The standard InChI is InChI=1S/C22H18Cl3NO5/c1-28-15-4-3-12-14(9-27)19-13-8-17-16(30-10-31-17)7-11(13)5-6-26(19)21(22(23,24)25)18(12)20(15)29-2/h3-4,7-9,21H,5-6,10H2,1-2H3. The first kappa shape index (κ1) is 20.6. The first-order chi connectivity index (χ1) is 14.9. The molecule has 0 saturated heterocycles. The number of hydrogen-bond donors (Lipinski definition) is 0. The predicted octanol–water partition coefficient (Wildman–Crippen LogP) is 4.78. The molecule has 0 radical (unpaired) electrons. The van der Waals surface area contributed by atoms with Crippen LogP contribution in [0.25, 0.3) is 11.3 Å². The lowest BCUT2D eigenvalue weighted by Gasteiger charge is -2.46. The SMILES string of the molecule is COc1ccc2c(c1OC)C(C(Cl)(Cl)Cl)N1CCc3cc4c(cc3C1=C2C=O)OCO4. The number of aldehydes is 1. The predicted molar refractivity (Wildman–Crippen MR) is 118 cm³/mol. The molecule has 0 bridgehead atoms. The van der Waals surface area contributed by atoms with Gasteiger partial charge in [-0.05, 0) is 41.8 Å². The zero-order valence-electron chi connectivity index (χ0n) is 16.7. The monoisotopic (exact) mass is 481 g/mol. The van der Waals surface area contributed by atoms with Gasteiger partial charge in [-0.15, -0.1) is 0 Å². The second kappa shape index (κ2) is 7.40. The van der Waals surface area contributed by atoms with Crippen molar-refractivity contribution >= 4 is 52.4 Å². The van der Waals surface area contributed by atoms with E-state index in [0.29, 0.717) is 58.4 Å². The van der Waals surface area contributed by atoms with Crippen molar-refractivity contribution in [2.45, 2.75) is 16.3 Å². The van der Waals surface area contributed by atoms with Crippen LogP contribution in [0.15, 0.2) is 24.3 Å². The number of carbonyl (C=O) groups is 1. The minimum atomic E-state index is -1.71. The second-order valence-electron chi connectivity index (χ2n) is 7.39. The van der Waals surface area contributed by atoms with E-state index < -0.39 is 9.83 Å². The van der Waals surface area contributed by atoms with Crippen LogP contribution in [-0.2, 0) is 11.2 Å². The highest BCUT2D eigenvalue weighted by atomic mass is 35.6. The largest absolute Gasteiger partial charge is 0.493 e. The number of fused-ring (bicyclic) bond motifs is 5. The Kier molecular flexibility index (Phi) is 4.92. The topological polar surface area (TPSA) is 57.2 Å². The maximum absolute atomic E-state index is 12.4. The van der Waals surface area contributed by atoms with E-state index >= 15 is 0 Å². The fraction of sp³-hybridized carbons (Fsp3) is 0.318. The van der Waals surface area contributed by atoms with Gasteiger partial charge in [-0.3, -0.25) is 4.79 Å². The van der Waals surface area contributed by atoms with Gasteiger partial charge in [0.25, 0.3) is 0 Å². The summed E-state index contributed by atoms with van der Waals surface area (Å²) >= 11 is 19.6. The molecule has 0 fully saturated rings. The normalized spacial score (nSPS) is 18.9. The fourth-order valence-electron chi connectivity index (χ4n) is 4.68. The number of benzene rings is 2. The molecule has 0 N–H and O–H groups in total. The number of alkyl halides is 3. The molecule has 0 saturated carbocycles. The van der Waals surface area contributed by atoms with Gasteiger partial charge in [-0.25, -0.2) is 0 Å². The molecule has 31 heavy (non-hydrogen) atoms. The molecule has 9 heteroatoms. The number of rotatable bonds is 3. The van der Waals surface area contributed by atoms with Crippen LogP contribution in [-0.4, -0.2) is 42.5 Å². The maximum atomic E-state index is 12.4. The number of nitrogens with zero attached hydrogens (tertiary/aromatic N) is 1. The zero-order chi connectivity index (χ0) is 21.9. The summed E-state index contributed by atoms with van der Waals surface area (Å²) in [6, 6.07) is 6.70. The number of carbonyl (C=O) groups excluding carboxylic acids is 1.